The number of hydrogen-bond donors (Lipinski definition) is 3. The fourth-order valence-electron chi connectivity index (χ4n) is 3.65. The van der Waals surface area contributed by atoms with Gasteiger partial charge in [-0.25, -0.2) is 13.1 Å². The number of sulfonamides is 1. The van der Waals surface area contributed by atoms with E-state index >= 15 is 0 Å². The summed E-state index contributed by atoms with van der Waals surface area (Å²) in [4.78, 5) is 3.40. The van der Waals surface area contributed by atoms with Crippen LogP contribution in [-0.2, 0) is 16.6 Å². The van der Waals surface area contributed by atoms with E-state index in [9.17, 15) is 8.42 Å². The van der Waals surface area contributed by atoms with E-state index < -0.39 is 10.0 Å². The summed E-state index contributed by atoms with van der Waals surface area (Å²) in [5.41, 5.74) is 0.900. The number of aromatic nitrogens is 1. The highest BCUT2D eigenvalue weighted by atomic mass is 32.2. The van der Waals surface area contributed by atoms with E-state index in [1.54, 1.807) is 12.3 Å². The van der Waals surface area contributed by atoms with Crippen LogP contribution in [0.25, 0.3) is 0 Å². The maximum atomic E-state index is 12.5. The molecule has 118 valence electrons. The van der Waals surface area contributed by atoms with Crippen molar-refractivity contribution < 1.29 is 8.42 Å². The first kappa shape index (κ1) is 15.1. The summed E-state index contributed by atoms with van der Waals surface area (Å²) in [6, 6.07) is 2.24. The number of hydrogen-bond acceptors (Lipinski definition) is 3. The lowest BCUT2D eigenvalue weighted by atomic mass is 9.96. The van der Waals surface area contributed by atoms with Gasteiger partial charge >= 0.3 is 0 Å². The first-order valence-electron chi connectivity index (χ1n) is 7.87. The highest BCUT2D eigenvalue weighted by Crippen LogP contribution is 2.44. The summed E-state index contributed by atoms with van der Waals surface area (Å²) in [5, 5.41) is 3.28. The molecular weight excluding hydrogens is 286 g/mol. The minimum absolute atomic E-state index is 0.140. The third-order valence-electron chi connectivity index (χ3n) is 4.77. The quantitative estimate of drug-likeness (QED) is 0.752. The lowest BCUT2D eigenvalue weighted by molar-refractivity contribution is 0.390. The van der Waals surface area contributed by atoms with Crippen molar-refractivity contribution in [2.24, 2.45) is 11.8 Å². The van der Waals surface area contributed by atoms with Gasteiger partial charge in [-0.15, -0.1) is 0 Å². The van der Waals surface area contributed by atoms with Crippen molar-refractivity contribution in [1.82, 2.24) is 15.0 Å². The number of rotatable bonds is 6. The smallest absolute Gasteiger partial charge is 0.242 e. The first-order chi connectivity index (χ1) is 9.94. The van der Waals surface area contributed by atoms with Gasteiger partial charge in [-0.1, -0.05) is 20.3 Å². The molecular formula is C15H25N3O2S. The van der Waals surface area contributed by atoms with Crippen molar-refractivity contribution in [2.75, 3.05) is 0 Å². The molecule has 21 heavy (non-hydrogen) atoms. The molecule has 1 heterocycles. The van der Waals surface area contributed by atoms with E-state index in [1.165, 1.54) is 19.3 Å². The second kappa shape index (κ2) is 5.74. The lowest BCUT2D eigenvalue weighted by Gasteiger charge is -2.22. The highest BCUT2D eigenvalue weighted by Gasteiger charge is 2.41. The number of fused-ring (bicyclic) bond motifs is 2. The molecule has 0 amide bonds. The third kappa shape index (κ3) is 3.33. The highest BCUT2D eigenvalue weighted by molar-refractivity contribution is 7.89. The van der Waals surface area contributed by atoms with Gasteiger partial charge in [-0.3, -0.25) is 0 Å². The Morgan fingerprint density at radius 1 is 1.33 bits per heavy atom. The lowest BCUT2D eigenvalue weighted by Crippen LogP contribution is -2.38. The Balaban J connectivity index is 1.64. The summed E-state index contributed by atoms with van der Waals surface area (Å²) in [7, 11) is -3.39. The summed E-state index contributed by atoms with van der Waals surface area (Å²) in [5.74, 6) is 1.28. The molecule has 2 aliphatic rings. The van der Waals surface area contributed by atoms with Gasteiger partial charge in [0.15, 0.2) is 0 Å². The van der Waals surface area contributed by atoms with Gasteiger partial charge in [0.05, 0.1) is 4.90 Å². The van der Waals surface area contributed by atoms with Crippen molar-refractivity contribution in [1.29, 1.82) is 0 Å². The molecule has 0 spiro atoms. The van der Waals surface area contributed by atoms with Gasteiger partial charge in [0.1, 0.15) is 0 Å². The van der Waals surface area contributed by atoms with Crippen molar-refractivity contribution in [2.45, 2.75) is 63.1 Å². The second-order valence-electron chi connectivity index (χ2n) is 6.80. The molecule has 2 bridgehead atoms. The average molecular weight is 311 g/mol. The van der Waals surface area contributed by atoms with Crippen LogP contribution in [0.3, 0.4) is 0 Å². The third-order valence-corrected chi connectivity index (χ3v) is 6.24. The molecule has 2 saturated carbocycles. The van der Waals surface area contributed by atoms with Crippen LogP contribution < -0.4 is 10.0 Å². The largest absolute Gasteiger partial charge is 0.363 e. The number of aromatic amines is 1. The van der Waals surface area contributed by atoms with E-state index in [0.717, 1.165) is 18.0 Å². The predicted molar refractivity (Wildman–Crippen MR) is 82.3 cm³/mol. The Bertz CT molecular complexity index is 594. The molecule has 0 aliphatic heterocycles. The van der Waals surface area contributed by atoms with Crippen molar-refractivity contribution >= 4 is 10.0 Å². The monoisotopic (exact) mass is 311 g/mol. The zero-order chi connectivity index (χ0) is 15.0. The standard InChI is InChI=1S/C15H25N3O2S/c1-10(2)16-8-13-7-14(9-17-13)21(19,20)18-15-6-11-3-4-12(15)5-11/h7,9-12,15-18H,3-6,8H2,1-2H3. The minimum Gasteiger partial charge on any atom is -0.363 e. The zero-order valence-corrected chi connectivity index (χ0v) is 13.5. The van der Waals surface area contributed by atoms with Gasteiger partial charge in [0.2, 0.25) is 10.0 Å². The van der Waals surface area contributed by atoms with Gasteiger partial charge in [0.25, 0.3) is 0 Å². The van der Waals surface area contributed by atoms with Crippen LogP contribution in [-0.4, -0.2) is 25.5 Å². The van der Waals surface area contributed by atoms with Crippen molar-refractivity contribution in [3.8, 4) is 0 Å². The van der Waals surface area contributed by atoms with Crippen LogP contribution in [0.15, 0.2) is 17.2 Å². The molecule has 3 unspecified atom stereocenters. The van der Waals surface area contributed by atoms with E-state index in [4.69, 9.17) is 0 Å². The van der Waals surface area contributed by atoms with E-state index in [0.29, 0.717) is 23.4 Å². The number of H-pyrrole nitrogens is 1. The van der Waals surface area contributed by atoms with Crippen LogP contribution in [0, 0.1) is 11.8 Å². The molecule has 0 saturated heterocycles. The van der Waals surface area contributed by atoms with Crippen LogP contribution in [0.2, 0.25) is 0 Å². The summed E-state index contributed by atoms with van der Waals surface area (Å²) in [6.07, 6.45) is 6.25. The predicted octanol–water partition coefficient (Wildman–Crippen LogP) is 1.98. The Kier molecular flexibility index (Phi) is 4.12. The molecule has 3 atom stereocenters. The SMILES string of the molecule is CC(C)NCc1cc(S(=O)(=O)NC2CC3CCC2C3)c[nH]1. The summed E-state index contributed by atoms with van der Waals surface area (Å²) in [6.45, 7) is 4.79. The molecule has 3 rings (SSSR count). The van der Waals surface area contributed by atoms with Crippen LogP contribution in [0.4, 0.5) is 0 Å². The fraction of sp³-hybridized carbons (Fsp3) is 0.733. The normalized spacial score (nSPS) is 28.6. The molecule has 6 heteroatoms. The molecule has 0 radical (unpaired) electrons. The molecule has 1 aromatic heterocycles. The maximum absolute atomic E-state index is 12.5. The Morgan fingerprint density at radius 3 is 2.76 bits per heavy atom. The van der Waals surface area contributed by atoms with E-state index in [1.807, 2.05) is 0 Å². The maximum Gasteiger partial charge on any atom is 0.242 e. The van der Waals surface area contributed by atoms with Crippen LogP contribution in [0.5, 0.6) is 0 Å². The molecule has 5 nitrogen and oxygen atoms in total. The van der Waals surface area contributed by atoms with Gasteiger partial charge < -0.3 is 10.3 Å². The van der Waals surface area contributed by atoms with Crippen molar-refractivity contribution in [3.63, 3.8) is 0 Å². The molecule has 3 N–H and O–H groups in total. The van der Waals surface area contributed by atoms with Crippen LogP contribution >= 0.6 is 0 Å². The number of nitrogens with one attached hydrogen (secondary N) is 3. The Hall–Kier alpha value is -0.850. The average Bonchev–Trinajstić information content (AvgIpc) is 3.12. The van der Waals surface area contributed by atoms with Crippen molar-refractivity contribution in [3.05, 3.63) is 18.0 Å². The minimum atomic E-state index is -3.39. The van der Waals surface area contributed by atoms with E-state index in [2.05, 4.69) is 28.9 Å². The van der Waals surface area contributed by atoms with E-state index in [-0.39, 0.29) is 6.04 Å². The zero-order valence-electron chi connectivity index (χ0n) is 12.7. The Morgan fingerprint density at radius 2 is 2.14 bits per heavy atom. The topological polar surface area (TPSA) is 74.0 Å². The Labute approximate surface area is 127 Å². The fourth-order valence-corrected chi connectivity index (χ4v) is 4.98. The molecule has 0 aromatic carbocycles. The summed E-state index contributed by atoms with van der Waals surface area (Å²) >= 11 is 0. The first-order valence-corrected chi connectivity index (χ1v) is 9.35. The summed E-state index contributed by atoms with van der Waals surface area (Å²) < 4.78 is 27.8. The second-order valence-corrected chi connectivity index (χ2v) is 8.51. The molecule has 1 aromatic rings. The van der Waals surface area contributed by atoms with Gasteiger partial charge in [0, 0.05) is 30.5 Å². The van der Waals surface area contributed by atoms with Gasteiger partial charge in [-0.2, -0.15) is 0 Å². The van der Waals surface area contributed by atoms with Crippen LogP contribution in [0.1, 0.15) is 45.2 Å². The van der Waals surface area contributed by atoms with Gasteiger partial charge in [-0.05, 0) is 37.2 Å². The molecule has 2 aliphatic carbocycles. The molecule has 2 fully saturated rings.